The van der Waals surface area contributed by atoms with Gasteiger partial charge in [-0.1, -0.05) is 35.9 Å². The van der Waals surface area contributed by atoms with E-state index in [4.69, 9.17) is 4.74 Å². The van der Waals surface area contributed by atoms with Crippen LogP contribution in [-0.4, -0.2) is 31.6 Å². The maximum atomic E-state index is 12.9. The standard InChI is InChI=1S/C23H25N3O2/c1-18-7-13-21(14-8-18)28-17-23(27)26(22-6-4-5-15-24-22)16-19-9-11-20(12-10-19)25(2)3/h4-15H,16-17H2,1-3H3. The minimum Gasteiger partial charge on any atom is -0.484 e. The van der Waals surface area contributed by atoms with Crippen LogP contribution in [0, 0.1) is 6.92 Å². The number of pyridine rings is 1. The second-order valence-corrected chi connectivity index (χ2v) is 6.83. The third-order valence-electron chi connectivity index (χ3n) is 4.40. The molecule has 2 aromatic carbocycles. The molecule has 0 fully saturated rings. The Morgan fingerprint density at radius 1 is 0.964 bits per heavy atom. The van der Waals surface area contributed by atoms with Crippen molar-refractivity contribution < 1.29 is 9.53 Å². The predicted octanol–water partition coefficient (Wildman–Crippen LogP) is 4.07. The number of ether oxygens (including phenoxy) is 1. The fraction of sp³-hybridized carbons (Fsp3) is 0.217. The summed E-state index contributed by atoms with van der Waals surface area (Å²) in [5.41, 5.74) is 3.29. The van der Waals surface area contributed by atoms with Crippen molar-refractivity contribution in [2.75, 3.05) is 30.5 Å². The first kappa shape index (κ1) is 19.4. The topological polar surface area (TPSA) is 45.7 Å². The van der Waals surface area contributed by atoms with Gasteiger partial charge in [0.1, 0.15) is 11.6 Å². The number of carbonyl (C=O) groups is 1. The van der Waals surface area contributed by atoms with E-state index in [0.717, 1.165) is 16.8 Å². The molecule has 0 unspecified atom stereocenters. The fourth-order valence-corrected chi connectivity index (χ4v) is 2.75. The SMILES string of the molecule is Cc1ccc(OCC(=O)N(Cc2ccc(N(C)C)cc2)c2ccccn2)cc1. The summed E-state index contributed by atoms with van der Waals surface area (Å²) in [5.74, 6) is 1.14. The summed E-state index contributed by atoms with van der Waals surface area (Å²) < 4.78 is 5.69. The smallest absolute Gasteiger partial charge is 0.266 e. The second-order valence-electron chi connectivity index (χ2n) is 6.83. The highest BCUT2D eigenvalue weighted by Gasteiger charge is 2.18. The molecule has 5 nitrogen and oxygen atoms in total. The van der Waals surface area contributed by atoms with Gasteiger partial charge in [0.15, 0.2) is 6.61 Å². The summed E-state index contributed by atoms with van der Waals surface area (Å²) in [6, 6.07) is 21.3. The van der Waals surface area contributed by atoms with Gasteiger partial charge in [0, 0.05) is 26.0 Å². The van der Waals surface area contributed by atoms with E-state index in [0.29, 0.717) is 18.1 Å². The number of aromatic nitrogens is 1. The summed E-state index contributed by atoms with van der Waals surface area (Å²) in [4.78, 5) is 21.0. The number of hydrogen-bond acceptors (Lipinski definition) is 4. The number of aryl methyl sites for hydroxylation is 1. The van der Waals surface area contributed by atoms with Crippen LogP contribution >= 0.6 is 0 Å². The highest BCUT2D eigenvalue weighted by Crippen LogP contribution is 2.18. The normalized spacial score (nSPS) is 10.4. The van der Waals surface area contributed by atoms with Gasteiger partial charge in [-0.25, -0.2) is 4.98 Å². The van der Waals surface area contributed by atoms with Crippen LogP contribution < -0.4 is 14.5 Å². The quantitative estimate of drug-likeness (QED) is 0.625. The third-order valence-corrected chi connectivity index (χ3v) is 4.40. The van der Waals surface area contributed by atoms with Gasteiger partial charge in [0.25, 0.3) is 5.91 Å². The number of amides is 1. The number of benzene rings is 2. The van der Waals surface area contributed by atoms with Crippen molar-refractivity contribution in [1.29, 1.82) is 0 Å². The Kier molecular flexibility index (Phi) is 6.27. The van der Waals surface area contributed by atoms with Crippen molar-refractivity contribution in [1.82, 2.24) is 4.98 Å². The van der Waals surface area contributed by atoms with Gasteiger partial charge in [0.2, 0.25) is 0 Å². The second kappa shape index (κ2) is 9.04. The highest BCUT2D eigenvalue weighted by atomic mass is 16.5. The van der Waals surface area contributed by atoms with Gasteiger partial charge >= 0.3 is 0 Å². The highest BCUT2D eigenvalue weighted by molar-refractivity contribution is 5.93. The van der Waals surface area contributed by atoms with Crippen LogP contribution in [0.4, 0.5) is 11.5 Å². The zero-order chi connectivity index (χ0) is 19.9. The number of hydrogen-bond donors (Lipinski definition) is 0. The molecule has 0 saturated carbocycles. The number of anilines is 2. The maximum Gasteiger partial charge on any atom is 0.266 e. The Labute approximate surface area is 166 Å². The van der Waals surface area contributed by atoms with Crippen LogP contribution in [0.1, 0.15) is 11.1 Å². The Morgan fingerprint density at radius 2 is 1.68 bits per heavy atom. The fourth-order valence-electron chi connectivity index (χ4n) is 2.75. The Hall–Kier alpha value is -3.34. The molecule has 3 rings (SSSR count). The minimum absolute atomic E-state index is 0.0462. The molecule has 144 valence electrons. The van der Waals surface area contributed by atoms with Crippen LogP contribution in [0.2, 0.25) is 0 Å². The molecule has 0 aliphatic rings. The molecule has 0 radical (unpaired) electrons. The van der Waals surface area contributed by atoms with Crippen LogP contribution in [-0.2, 0) is 11.3 Å². The van der Waals surface area contributed by atoms with E-state index in [1.165, 1.54) is 0 Å². The van der Waals surface area contributed by atoms with Gasteiger partial charge in [-0.05, 0) is 48.9 Å². The molecule has 0 N–H and O–H groups in total. The van der Waals surface area contributed by atoms with Crippen LogP contribution in [0.15, 0.2) is 72.9 Å². The summed E-state index contributed by atoms with van der Waals surface area (Å²) in [5, 5.41) is 0. The molecular formula is C23H25N3O2. The third kappa shape index (κ3) is 5.10. The van der Waals surface area contributed by atoms with Crippen molar-refractivity contribution in [2.24, 2.45) is 0 Å². The lowest BCUT2D eigenvalue weighted by Crippen LogP contribution is -2.35. The van der Waals surface area contributed by atoms with E-state index in [9.17, 15) is 4.79 Å². The van der Waals surface area contributed by atoms with E-state index in [-0.39, 0.29) is 12.5 Å². The van der Waals surface area contributed by atoms with Crippen molar-refractivity contribution in [3.8, 4) is 5.75 Å². The lowest BCUT2D eigenvalue weighted by molar-refractivity contribution is -0.120. The summed E-state index contributed by atoms with van der Waals surface area (Å²) in [6.45, 7) is 2.40. The average molecular weight is 375 g/mol. The molecular weight excluding hydrogens is 350 g/mol. The zero-order valence-corrected chi connectivity index (χ0v) is 16.5. The Balaban J connectivity index is 1.74. The van der Waals surface area contributed by atoms with Crippen LogP contribution in [0.5, 0.6) is 5.75 Å². The van der Waals surface area contributed by atoms with Crippen LogP contribution in [0.25, 0.3) is 0 Å². The average Bonchev–Trinajstić information content (AvgIpc) is 2.72. The summed E-state index contributed by atoms with van der Waals surface area (Å²) >= 11 is 0. The Morgan fingerprint density at radius 3 is 2.29 bits per heavy atom. The van der Waals surface area contributed by atoms with Gasteiger partial charge < -0.3 is 9.64 Å². The summed E-state index contributed by atoms with van der Waals surface area (Å²) in [7, 11) is 4.00. The molecule has 1 heterocycles. The number of carbonyl (C=O) groups excluding carboxylic acids is 1. The van der Waals surface area contributed by atoms with Gasteiger partial charge in [-0.3, -0.25) is 9.69 Å². The van der Waals surface area contributed by atoms with Gasteiger partial charge in [-0.15, -0.1) is 0 Å². The van der Waals surface area contributed by atoms with E-state index in [1.807, 2.05) is 92.6 Å². The van der Waals surface area contributed by atoms with Crippen molar-refractivity contribution in [3.63, 3.8) is 0 Å². The number of nitrogens with zero attached hydrogens (tertiary/aromatic N) is 3. The molecule has 28 heavy (non-hydrogen) atoms. The predicted molar refractivity (Wildman–Crippen MR) is 113 cm³/mol. The first-order chi connectivity index (χ1) is 13.5. The van der Waals surface area contributed by atoms with E-state index in [1.54, 1.807) is 11.1 Å². The molecule has 5 heteroatoms. The first-order valence-corrected chi connectivity index (χ1v) is 9.20. The molecule has 0 bridgehead atoms. The molecule has 0 atom stereocenters. The largest absolute Gasteiger partial charge is 0.484 e. The first-order valence-electron chi connectivity index (χ1n) is 9.20. The maximum absolute atomic E-state index is 12.9. The molecule has 1 amide bonds. The van der Waals surface area contributed by atoms with Crippen molar-refractivity contribution in [2.45, 2.75) is 13.5 Å². The summed E-state index contributed by atoms with van der Waals surface area (Å²) in [6.07, 6.45) is 1.69. The molecule has 0 aliphatic heterocycles. The van der Waals surface area contributed by atoms with Crippen molar-refractivity contribution in [3.05, 3.63) is 84.1 Å². The molecule has 0 saturated heterocycles. The lowest BCUT2D eigenvalue weighted by atomic mass is 10.2. The molecule has 3 aromatic rings. The van der Waals surface area contributed by atoms with Gasteiger partial charge in [-0.2, -0.15) is 0 Å². The zero-order valence-electron chi connectivity index (χ0n) is 16.5. The monoisotopic (exact) mass is 375 g/mol. The van der Waals surface area contributed by atoms with Crippen molar-refractivity contribution >= 4 is 17.4 Å². The molecule has 0 aliphatic carbocycles. The van der Waals surface area contributed by atoms with E-state index >= 15 is 0 Å². The minimum atomic E-state index is -0.143. The van der Waals surface area contributed by atoms with E-state index < -0.39 is 0 Å². The molecule has 0 spiro atoms. The number of rotatable bonds is 7. The Bertz CT molecular complexity index is 891. The van der Waals surface area contributed by atoms with Crippen LogP contribution in [0.3, 0.4) is 0 Å². The lowest BCUT2D eigenvalue weighted by Gasteiger charge is -2.22. The van der Waals surface area contributed by atoms with E-state index in [2.05, 4.69) is 4.98 Å². The van der Waals surface area contributed by atoms with Gasteiger partial charge in [0.05, 0.1) is 6.54 Å². The molecule has 1 aromatic heterocycles.